The highest BCUT2D eigenvalue weighted by atomic mass is 16.5. The lowest BCUT2D eigenvalue weighted by atomic mass is 10.1. The fourth-order valence-corrected chi connectivity index (χ4v) is 2.06. The number of nitrogen functional groups attached to an aromatic ring is 1. The lowest BCUT2D eigenvalue weighted by Gasteiger charge is -2.18. The van der Waals surface area contributed by atoms with Crippen LogP contribution < -0.4 is 15.8 Å². The van der Waals surface area contributed by atoms with Gasteiger partial charge >= 0.3 is 0 Å². The van der Waals surface area contributed by atoms with Gasteiger partial charge in [-0.15, -0.1) is 0 Å². The minimum Gasteiger partial charge on any atom is -0.493 e. The Bertz CT molecular complexity index is 364. The molecule has 0 aliphatic carbocycles. The predicted molar refractivity (Wildman–Crippen MR) is 79.2 cm³/mol. The van der Waals surface area contributed by atoms with Gasteiger partial charge in [0.1, 0.15) is 5.75 Å². The van der Waals surface area contributed by atoms with E-state index in [0.29, 0.717) is 12.0 Å². The average molecular weight is 250 g/mol. The Hall–Kier alpha value is -1.38. The molecule has 1 aromatic rings. The quantitative estimate of drug-likeness (QED) is 0.721. The van der Waals surface area contributed by atoms with Crippen LogP contribution in [-0.4, -0.2) is 12.6 Å². The zero-order valence-electron chi connectivity index (χ0n) is 12.0. The van der Waals surface area contributed by atoms with E-state index in [4.69, 9.17) is 10.5 Å². The smallest absolute Gasteiger partial charge is 0.123 e. The van der Waals surface area contributed by atoms with E-state index in [0.717, 1.165) is 36.6 Å². The molecular formula is C15H26N2O. The van der Waals surface area contributed by atoms with Crippen LogP contribution in [0.2, 0.25) is 0 Å². The van der Waals surface area contributed by atoms with Gasteiger partial charge < -0.3 is 15.8 Å². The molecule has 0 saturated heterocycles. The van der Waals surface area contributed by atoms with Crippen molar-refractivity contribution >= 4 is 11.4 Å². The monoisotopic (exact) mass is 250 g/mol. The van der Waals surface area contributed by atoms with E-state index >= 15 is 0 Å². The van der Waals surface area contributed by atoms with E-state index in [2.05, 4.69) is 33.0 Å². The maximum absolute atomic E-state index is 5.89. The minimum atomic E-state index is 0.436. The molecule has 0 amide bonds. The number of benzene rings is 1. The molecule has 1 rings (SSSR count). The Balaban J connectivity index is 2.67. The number of anilines is 2. The Morgan fingerprint density at radius 1 is 1.22 bits per heavy atom. The Morgan fingerprint density at radius 2 is 1.94 bits per heavy atom. The lowest BCUT2D eigenvalue weighted by Crippen LogP contribution is -2.17. The van der Waals surface area contributed by atoms with E-state index in [9.17, 15) is 0 Å². The summed E-state index contributed by atoms with van der Waals surface area (Å²) in [5.41, 5.74) is 7.66. The summed E-state index contributed by atoms with van der Waals surface area (Å²) in [7, 11) is 0. The number of hydrogen-bond donors (Lipinski definition) is 2. The first kappa shape index (κ1) is 14.7. The number of nitrogens with two attached hydrogens (primary N) is 1. The van der Waals surface area contributed by atoms with Crippen molar-refractivity contribution < 1.29 is 4.74 Å². The highest BCUT2D eigenvalue weighted by Crippen LogP contribution is 2.24. The number of ether oxygens (including phenoxy) is 1. The molecule has 0 saturated carbocycles. The van der Waals surface area contributed by atoms with E-state index in [1.165, 1.54) is 0 Å². The molecular weight excluding hydrogens is 224 g/mol. The van der Waals surface area contributed by atoms with E-state index in [1.54, 1.807) is 0 Å². The van der Waals surface area contributed by atoms with Crippen molar-refractivity contribution in [1.29, 1.82) is 0 Å². The van der Waals surface area contributed by atoms with Gasteiger partial charge in [-0.1, -0.05) is 20.8 Å². The Kier molecular flexibility index (Phi) is 5.83. The van der Waals surface area contributed by atoms with Crippen molar-refractivity contribution in [3.05, 3.63) is 18.2 Å². The summed E-state index contributed by atoms with van der Waals surface area (Å²) in [6.45, 7) is 9.47. The number of rotatable bonds is 7. The van der Waals surface area contributed by atoms with E-state index < -0.39 is 0 Å². The molecule has 1 unspecified atom stereocenters. The van der Waals surface area contributed by atoms with Gasteiger partial charge in [-0.3, -0.25) is 0 Å². The lowest BCUT2D eigenvalue weighted by molar-refractivity contribution is 0.318. The molecule has 0 spiro atoms. The van der Waals surface area contributed by atoms with Gasteiger partial charge in [0.15, 0.2) is 0 Å². The summed E-state index contributed by atoms with van der Waals surface area (Å²) in [5.74, 6) is 1.53. The van der Waals surface area contributed by atoms with E-state index in [-0.39, 0.29) is 0 Å². The summed E-state index contributed by atoms with van der Waals surface area (Å²) in [6, 6.07) is 6.28. The summed E-state index contributed by atoms with van der Waals surface area (Å²) in [6.07, 6.45) is 2.14. The number of hydrogen-bond acceptors (Lipinski definition) is 3. The molecule has 102 valence electrons. The molecule has 0 bridgehead atoms. The normalized spacial score (nSPS) is 12.5. The molecule has 0 aliphatic rings. The third-order valence-electron chi connectivity index (χ3n) is 2.64. The van der Waals surface area contributed by atoms with Gasteiger partial charge in [0.2, 0.25) is 0 Å². The summed E-state index contributed by atoms with van der Waals surface area (Å²) in [5, 5.41) is 3.47. The fraction of sp³-hybridized carbons (Fsp3) is 0.600. The SMILES string of the molecule is CCCOc1cc(N)cc(NC(C)CC(C)C)c1. The van der Waals surface area contributed by atoms with Crippen LogP contribution >= 0.6 is 0 Å². The van der Waals surface area contributed by atoms with Crippen LogP contribution in [0.1, 0.15) is 40.5 Å². The minimum absolute atomic E-state index is 0.436. The zero-order valence-corrected chi connectivity index (χ0v) is 12.0. The molecule has 0 aliphatic heterocycles. The molecule has 0 radical (unpaired) electrons. The van der Waals surface area contributed by atoms with Crippen molar-refractivity contribution in [2.24, 2.45) is 5.92 Å². The van der Waals surface area contributed by atoms with Gasteiger partial charge in [-0.05, 0) is 31.7 Å². The zero-order chi connectivity index (χ0) is 13.5. The van der Waals surface area contributed by atoms with Crippen LogP contribution in [0.3, 0.4) is 0 Å². The standard InChI is InChI=1S/C15H26N2O/c1-5-6-18-15-9-13(16)8-14(10-15)17-12(4)7-11(2)3/h8-12,17H,5-7,16H2,1-4H3. The molecule has 0 fully saturated rings. The summed E-state index contributed by atoms with van der Waals surface area (Å²) >= 11 is 0. The third-order valence-corrected chi connectivity index (χ3v) is 2.64. The second kappa shape index (κ2) is 7.14. The maximum Gasteiger partial charge on any atom is 0.123 e. The molecule has 1 atom stereocenters. The maximum atomic E-state index is 5.89. The molecule has 0 heterocycles. The van der Waals surface area contributed by atoms with Crippen LogP contribution in [0.4, 0.5) is 11.4 Å². The van der Waals surface area contributed by atoms with Gasteiger partial charge in [0, 0.05) is 29.5 Å². The molecule has 3 nitrogen and oxygen atoms in total. The summed E-state index contributed by atoms with van der Waals surface area (Å²) in [4.78, 5) is 0. The molecule has 18 heavy (non-hydrogen) atoms. The largest absolute Gasteiger partial charge is 0.493 e. The van der Waals surface area contributed by atoms with Crippen molar-refractivity contribution in [3.8, 4) is 5.75 Å². The third kappa shape index (κ3) is 5.30. The van der Waals surface area contributed by atoms with Gasteiger partial charge in [-0.25, -0.2) is 0 Å². The highest BCUT2D eigenvalue weighted by Gasteiger charge is 2.06. The van der Waals surface area contributed by atoms with E-state index in [1.807, 2.05) is 18.2 Å². The van der Waals surface area contributed by atoms with Gasteiger partial charge in [0.05, 0.1) is 6.61 Å². The first-order chi connectivity index (χ1) is 8.51. The van der Waals surface area contributed by atoms with Gasteiger partial charge in [0.25, 0.3) is 0 Å². The van der Waals surface area contributed by atoms with Crippen LogP contribution in [0.25, 0.3) is 0 Å². The van der Waals surface area contributed by atoms with Crippen molar-refractivity contribution in [1.82, 2.24) is 0 Å². The highest BCUT2D eigenvalue weighted by molar-refractivity contribution is 5.59. The first-order valence-corrected chi connectivity index (χ1v) is 6.81. The second-order valence-electron chi connectivity index (χ2n) is 5.31. The average Bonchev–Trinajstić information content (AvgIpc) is 2.24. The van der Waals surface area contributed by atoms with Gasteiger partial charge in [-0.2, -0.15) is 0 Å². The second-order valence-corrected chi connectivity index (χ2v) is 5.31. The molecule has 3 N–H and O–H groups in total. The van der Waals surface area contributed by atoms with Crippen LogP contribution in [0.15, 0.2) is 18.2 Å². The van der Waals surface area contributed by atoms with Crippen LogP contribution in [-0.2, 0) is 0 Å². The molecule has 3 heteroatoms. The van der Waals surface area contributed by atoms with Crippen molar-refractivity contribution in [2.45, 2.75) is 46.6 Å². The topological polar surface area (TPSA) is 47.3 Å². The van der Waals surface area contributed by atoms with Crippen LogP contribution in [0.5, 0.6) is 5.75 Å². The number of nitrogens with one attached hydrogen (secondary N) is 1. The molecule has 1 aromatic carbocycles. The summed E-state index contributed by atoms with van der Waals surface area (Å²) < 4.78 is 5.62. The molecule has 0 aromatic heterocycles. The van der Waals surface area contributed by atoms with Crippen molar-refractivity contribution in [2.75, 3.05) is 17.7 Å². The Labute approximate surface area is 111 Å². The van der Waals surface area contributed by atoms with Crippen LogP contribution in [0, 0.1) is 5.92 Å². The Morgan fingerprint density at radius 3 is 2.56 bits per heavy atom. The predicted octanol–water partition coefficient (Wildman–Crippen LogP) is 3.90. The van der Waals surface area contributed by atoms with Crippen molar-refractivity contribution in [3.63, 3.8) is 0 Å². The fourth-order valence-electron chi connectivity index (χ4n) is 2.06. The first-order valence-electron chi connectivity index (χ1n) is 6.81.